The van der Waals surface area contributed by atoms with Crippen LogP contribution in [0.2, 0.25) is 5.02 Å². The largest absolute Gasteiger partial charge is 0.452 e. The molecule has 2 heterocycles. The molecular formula is C17H12ClF4N3O4. The van der Waals surface area contributed by atoms with Crippen LogP contribution in [-0.2, 0) is 18.1 Å². The fraction of sp³-hybridized carbons (Fsp3) is 0.176. The average Bonchev–Trinajstić information content (AvgIpc) is 3.06. The van der Waals surface area contributed by atoms with E-state index in [1.54, 1.807) is 0 Å². The van der Waals surface area contributed by atoms with Gasteiger partial charge in [0.05, 0.1) is 17.8 Å². The van der Waals surface area contributed by atoms with Crippen LogP contribution in [0.4, 0.5) is 17.6 Å². The SMILES string of the molecule is C=C(NOC)c1cc2c(Cl)cc(F)c(-n3c(=O)cc(C(F)(F)F)n(C)c3=O)c2o1. The predicted octanol–water partition coefficient (Wildman–Crippen LogP) is 3.22. The first kappa shape index (κ1) is 20.7. The number of hydrogen-bond donors (Lipinski definition) is 1. The van der Waals surface area contributed by atoms with E-state index in [2.05, 4.69) is 12.1 Å². The van der Waals surface area contributed by atoms with Crippen molar-refractivity contribution in [2.24, 2.45) is 7.05 Å². The lowest BCUT2D eigenvalue weighted by Crippen LogP contribution is -2.41. The van der Waals surface area contributed by atoms with Crippen molar-refractivity contribution in [3.05, 3.63) is 67.9 Å². The third kappa shape index (κ3) is 3.42. The smallest absolute Gasteiger partial charge is 0.431 e. The number of halogens is 5. The molecule has 1 N–H and O–H groups in total. The molecule has 0 bridgehead atoms. The maximum Gasteiger partial charge on any atom is 0.431 e. The molecule has 0 spiro atoms. The molecule has 12 heteroatoms. The minimum atomic E-state index is -4.96. The third-order valence-corrected chi connectivity index (χ3v) is 4.35. The summed E-state index contributed by atoms with van der Waals surface area (Å²) in [7, 11) is 2.11. The Morgan fingerprint density at radius 2 is 1.93 bits per heavy atom. The number of nitrogens with zero attached hydrogens (tertiary/aromatic N) is 2. The van der Waals surface area contributed by atoms with Gasteiger partial charge in [0.25, 0.3) is 5.56 Å². The van der Waals surface area contributed by atoms with Crippen molar-refractivity contribution in [1.29, 1.82) is 0 Å². The van der Waals surface area contributed by atoms with Crippen LogP contribution >= 0.6 is 11.6 Å². The van der Waals surface area contributed by atoms with Crippen molar-refractivity contribution in [2.45, 2.75) is 6.18 Å². The second kappa shape index (κ2) is 7.08. The summed E-state index contributed by atoms with van der Waals surface area (Å²) in [6.07, 6.45) is -4.96. The highest BCUT2D eigenvalue weighted by molar-refractivity contribution is 6.35. The quantitative estimate of drug-likeness (QED) is 0.505. The van der Waals surface area contributed by atoms with Gasteiger partial charge in [-0.25, -0.2) is 13.8 Å². The first-order chi connectivity index (χ1) is 13.5. The van der Waals surface area contributed by atoms with Gasteiger partial charge in [-0.15, -0.1) is 0 Å². The Balaban J connectivity index is 2.39. The Morgan fingerprint density at radius 1 is 1.28 bits per heavy atom. The molecule has 0 aliphatic carbocycles. The molecule has 0 atom stereocenters. The molecule has 3 rings (SSSR count). The van der Waals surface area contributed by atoms with Crippen LogP contribution in [-0.4, -0.2) is 16.2 Å². The van der Waals surface area contributed by atoms with Gasteiger partial charge in [-0.2, -0.15) is 13.2 Å². The molecule has 0 radical (unpaired) electrons. The van der Waals surface area contributed by atoms with Crippen LogP contribution in [0.5, 0.6) is 0 Å². The molecule has 0 saturated carbocycles. The Hall–Kier alpha value is -3.05. The van der Waals surface area contributed by atoms with E-state index in [0.29, 0.717) is 0 Å². The zero-order valence-corrected chi connectivity index (χ0v) is 15.6. The molecule has 0 aliphatic rings. The molecule has 0 unspecified atom stereocenters. The van der Waals surface area contributed by atoms with Gasteiger partial charge in [0.1, 0.15) is 11.4 Å². The second-order valence-corrected chi connectivity index (χ2v) is 6.28. The van der Waals surface area contributed by atoms with Gasteiger partial charge in [-0.3, -0.25) is 19.7 Å². The zero-order chi connectivity index (χ0) is 21.7. The van der Waals surface area contributed by atoms with Gasteiger partial charge < -0.3 is 4.42 Å². The summed E-state index contributed by atoms with van der Waals surface area (Å²) in [5.41, 5.74) is -2.80. The van der Waals surface area contributed by atoms with Crippen LogP contribution in [0.25, 0.3) is 22.4 Å². The molecule has 1 aromatic carbocycles. The lowest BCUT2D eigenvalue weighted by Gasteiger charge is -2.14. The molecule has 0 fully saturated rings. The first-order valence-corrected chi connectivity index (χ1v) is 8.15. The van der Waals surface area contributed by atoms with Gasteiger partial charge in [0.2, 0.25) is 0 Å². The maximum atomic E-state index is 14.7. The van der Waals surface area contributed by atoms with E-state index >= 15 is 0 Å². The maximum absolute atomic E-state index is 14.7. The van der Waals surface area contributed by atoms with E-state index in [-0.39, 0.29) is 42.6 Å². The lowest BCUT2D eigenvalue weighted by atomic mass is 10.2. The Labute approximate surface area is 164 Å². The number of furan rings is 1. The van der Waals surface area contributed by atoms with E-state index in [1.165, 1.54) is 13.2 Å². The summed E-state index contributed by atoms with van der Waals surface area (Å²) in [6.45, 7) is 3.63. The molecule has 0 saturated heterocycles. The van der Waals surface area contributed by atoms with Crippen LogP contribution in [0, 0.1) is 5.82 Å². The van der Waals surface area contributed by atoms with Crippen LogP contribution in [0.3, 0.4) is 0 Å². The topological polar surface area (TPSA) is 78.4 Å². The number of hydrogen-bond acceptors (Lipinski definition) is 5. The summed E-state index contributed by atoms with van der Waals surface area (Å²) in [5, 5.41) is -0.00998. The van der Waals surface area contributed by atoms with Crippen molar-refractivity contribution in [3.63, 3.8) is 0 Å². The van der Waals surface area contributed by atoms with E-state index in [4.69, 9.17) is 20.9 Å². The molecule has 2 aromatic heterocycles. The molecular weight excluding hydrogens is 422 g/mol. The lowest BCUT2D eigenvalue weighted by molar-refractivity contribution is -0.144. The number of rotatable bonds is 4. The molecule has 7 nitrogen and oxygen atoms in total. The highest BCUT2D eigenvalue weighted by Gasteiger charge is 2.35. The number of hydroxylamine groups is 1. The summed E-state index contributed by atoms with van der Waals surface area (Å²) in [4.78, 5) is 29.5. The second-order valence-electron chi connectivity index (χ2n) is 5.87. The monoisotopic (exact) mass is 433 g/mol. The van der Waals surface area contributed by atoms with Crippen molar-refractivity contribution >= 4 is 28.3 Å². The van der Waals surface area contributed by atoms with E-state index in [9.17, 15) is 27.2 Å². The normalized spacial score (nSPS) is 11.8. The standard InChI is InChI=1S/C17H12ClF4N3O4/c1-7(23-28-3)11-4-8-9(18)5-10(19)14(15(8)29-11)25-13(26)6-12(17(20,21)22)24(2)16(25)27/h4-6,23H,1H2,2-3H3. The summed E-state index contributed by atoms with van der Waals surface area (Å²) in [6, 6.07) is 2.35. The van der Waals surface area contributed by atoms with Crippen molar-refractivity contribution in [3.8, 4) is 5.69 Å². The molecule has 154 valence electrons. The van der Waals surface area contributed by atoms with Crippen molar-refractivity contribution in [2.75, 3.05) is 7.11 Å². The van der Waals surface area contributed by atoms with Gasteiger partial charge >= 0.3 is 11.9 Å². The van der Waals surface area contributed by atoms with Gasteiger partial charge in [0, 0.05) is 18.5 Å². The molecule has 0 amide bonds. The number of alkyl halides is 3. The highest BCUT2D eigenvalue weighted by Crippen LogP contribution is 2.35. The number of benzene rings is 1. The first-order valence-electron chi connectivity index (χ1n) is 7.77. The van der Waals surface area contributed by atoms with Gasteiger partial charge in [-0.05, 0) is 12.1 Å². The van der Waals surface area contributed by atoms with Crippen LogP contribution in [0.15, 0.2) is 38.8 Å². The van der Waals surface area contributed by atoms with E-state index < -0.39 is 34.6 Å². The Kier molecular flexibility index (Phi) is 5.05. The number of nitrogens with one attached hydrogen (secondary N) is 1. The fourth-order valence-corrected chi connectivity index (χ4v) is 2.98. The summed E-state index contributed by atoms with van der Waals surface area (Å²) in [5.74, 6) is -1.11. The Bertz CT molecular complexity index is 1260. The van der Waals surface area contributed by atoms with Crippen molar-refractivity contribution in [1.82, 2.24) is 14.6 Å². The predicted molar refractivity (Wildman–Crippen MR) is 96.2 cm³/mol. The zero-order valence-electron chi connectivity index (χ0n) is 14.9. The highest BCUT2D eigenvalue weighted by atomic mass is 35.5. The van der Waals surface area contributed by atoms with Crippen LogP contribution < -0.4 is 16.7 Å². The minimum absolute atomic E-state index is 0.0346. The molecule has 29 heavy (non-hydrogen) atoms. The number of fused-ring (bicyclic) bond motifs is 1. The minimum Gasteiger partial charge on any atom is -0.452 e. The van der Waals surface area contributed by atoms with Gasteiger partial charge in [-0.1, -0.05) is 18.2 Å². The van der Waals surface area contributed by atoms with Gasteiger partial charge in [0.15, 0.2) is 17.2 Å². The van der Waals surface area contributed by atoms with E-state index in [0.717, 1.165) is 13.1 Å². The van der Waals surface area contributed by atoms with E-state index in [1.807, 2.05) is 0 Å². The molecule has 3 aromatic rings. The fourth-order valence-electron chi connectivity index (χ4n) is 2.74. The average molecular weight is 434 g/mol. The summed E-state index contributed by atoms with van der Waals surface area (Å²) >= 11 is 6.01. The van der Waals surface area contributed by atoms with Crippen LogP contribution in [0.1, 0.15) is 11.5 Å². The molecule has 0 aliphatic heterocycles. The summed E-state index contributed by atoms with van der Waals surface area (Å²) < 4.78 is 59.8. The Morgan fingerprint density at radius 3 is 2.52 bits per heavy atom. The third-order valence-electron chi connectivity index (χ3n) is 4.04. The van der Waals surface area contributed by atoms with Crippen molar-refractivity contribution < 1.29 is 26.8 Å². The number of aromatic nitrogens is 2.